The predicted octanol–water partition coefficient (Wildman–Crippen LogP) is 4.21. The third kappa shape index (κ3) is 3.40. The van der Waals surface area contributed by atoms with Crippen LogP contribution in [-0.4, -0.2) is 25.4 Å². The molecule has 27 heavy (non-hydrogen) atoms. The fourth-order valence-electron chi connectivity index (χ4n) is 2.85. The maximum Gasteiger partial charge on any atom is 0.160 e. The molecule has 4 aromatic rings. The minimum atomic E-state index is -0.918. The van der Waals surface area contributed by atoms with Gasteiger partial charge in [-0.05, 0) is 29.8 Å². The van der Waals surface area contributed by atoms with E-state index in [9.17, 15) is 10.2 Å². The highest BCUT2D eigenvalue weighted by atomic mass is 35.5. The van der Waals surface area contributed by atoms with Crippen molar-refractivity contribution in [2.75, 3.05) is 5.32 Å². The molecule has 134 valence electrons. The molecular weight excluding hydrogens is 364 g/mol. The third-order valence-corrected chi connectivity index (χ3v) is 4.53. The fraction of sp³-hybridized carbons (Fsp3) is 0.0500. The molecule has 1 atom stereocenters. The number of halogens is 1. The summed E-state index contributed by atoms with van der Waals surface area (Å²) in [6.45, 7) is 0. The second-order valence-electron chi connectivity index (χ2n) is 5.95. The van der Waals surface area contributed by atoms with Gasteiger partial charge in [0, 0.05) is 34.9 Å². The van der Waals surface area contributed by atoms with Crippen molar-refractivity contribution < 1.29 is 10.2 Å². The molecule has 0 aliphatic carbocycles. The molecule has 2 aromatic heterocycles. The number of aliphatic hydroxyl groups is 1. The van der Waals surface area contributed by atoms with Crippen molar-refractivity contribution in [1.29, 1.82) is 0 Å². The van der Waals surface area contributed by atoms with Crippen molar-refractivity contribution in [3.63, 3.8) is 0 Å². The number of phenols is 1. The first-order valence-electron chi connectivity index (χ1n) is 8.22. The van der Waals surface area contributed by atoms with Crippen LogP contribution in [0.15, 0.2) is 67.0 Å². The van der Waals surface area contributed by atoms with Gasteiger partial charge in [-0.3, -0.25) is 4.98 Å². The molecule has 0 bridgehead atoms. The van der Waals surface area contributed by atoms with Gasteiger partial charge >= 0.3 is 0 Å². The van der Waals surface area contributed by atoms with E-state index in [4.69, 9.17) is 11.6 Å². The Kier molecular flexibility index (Phi) is 4.58. The SMILES string of the molecule is Oc1cc(Nc2nnc(C(O)c3ccncc3)c3ccccc23)ccc1Cl. The number of pyridine rings is 1. The molecule has 2 heterocycles. The maximum atomic E-state index is 10.7. The first kappa shape index (κ1) is 17.2. The van der Waals surface area contributed by atoms with Crippen molar-refractivity contribution in [2.45, 2.75) is 6.10 Å². The van der Waals surface area contributed by atoms with Gasteiger partial charge in [0.25, 0.3) is 0 Å². The minimum absolute atomic E-state index is 0.0244. The van der Waals surface area contributed by atoms with E-state index in [0.29, 0.717) is 22.8 Å². The number of hydrogen-bond acceptors (Lipinski definition) is 6. The Balaban J connectivity index is 1.77. The number of hydrogen-bond donors (Lipinski definition) is 3. The van der Waals surface area contributed by atoms with Crippen LogP contribution in [0, 0.1) is 0 Å². The first-order valence-corrected chi connectivity index (χ1v) is 8.60. The number of nitrogens with zero attached hydrogens (tertiary/aromatic N) is 3. The van der Waals surface area contributed by atoms with Crippen LogP contribution in [0.4, 0.5) is 11.5 Å². The first-order chi connectivity index (χ1) is 13.1. The molecule has 0 aliphatic rings. The third-order valence-electron chi connectivity index (χ3n) is 4.21. The van der Waals surface area contributed by atoms with Gasteiger partial charge in [0.2, 0.25) is 0 Å². The van der Waals surface area contributed by atoms with Crippen molar-refractivity contribution in [3.8, 4) is 5.75 Å². The summed E-state index contributed by atoms with van der Waals surface area (Å²) in [6.07, 6.45) is 2.33. The Morgan fingerprint density at radius 1 is 0.926 bits per heavy atom. The lowest BCUT2D eigenvalue weighted by atomic mass is 10.0. The van der Waals surface area contributed by atoms with Crippen molar-refractivity contribution in [3.05, 3.63) is 83.3 Å². The molecule has 2 aromatic carbocycles. The lowest BCUT2D eigenvalue weighted by Gasteiger charge is -2.15. The molecule has 0 radical (unpaired) electrons. The molecular formula is C20H15ClN4O2. The van der Waals surface area contributed by atoms with Crippen molar-refractivity contribution in [2.24, 2.45) is 0 Å². The predicted molar refractivity (Wildman–Crippen MR) is 104 cm³/mol. The molecule has 0 saturated carbocycles. The number of fused-ring (bicyclic) bond motifs is 1. The zero-order valence-electron chi connectivity index (χ0n) is 14.0. The number of aliphatic hydroxyl groups excluding tert-OH is 1. The highest BCUT2D eigenvalue weighted by molar-refractivity contribution is 6.32. The van der Waals surface area contributed by atoms with Gasteiger partial charge in [-0.1, -0.05) is 35.9 Å². The monoisotopic (exact) mass is 378 g/mol. The van der Waals surface area contributed by atoms with Crippen LogP contribution in [0.3, 0.4) is 0 Å². The van der Waals surface area contributed by atoms with Gasteiger partial charge in [-0.2, -0.15) is 0 Å². The fourth-order valence-corrected chi connectivity index (χ4v) is 2.97. The average Bonchev–Trinajstić information content (AvgIpc) is 2.71. The minimum Gasteiger partial charge on any atom is -0.506 e. The van der Waals surface area contributed by atoms with Crippen LogP contribution in [-0.2, 0) is 0 Å². The number of nitrogens with one attached hydrogen (secondary N) is 1. The van der Waals surface area contributed by atoms with Gasteiger partial charge < -0.3 is 15.5 Å². The van der Waals surface area contributed by atoms with E-state index in [1.807, 2.05) is 24.3 Å². The summed E-state index contributed by atoms with van der Waals surface area (Å²) in [5.41, 5.74) is 1.77. The smallest absolute Gasteiger partial charge is 0.160 e. The number of phenolic OH excluding ortho intramolecular Hbond substituents is 1. The average molecular weight is 379 g/mol. The Hall–Kier alpha value is -3.22. The lowest BCUT2D eigenvalue weighted by Crippen LogP contribution is -2.07. The number of aromatic nitrogens is 3. The maximum absolute atomic E-state index is 10.7. The molecule has 6 nitrogen and oxygen atoms in total. The van der Waals surface area contributed by atoms with E-state index in [1.165, 1.54) is 6.07 Å². The van der Waals surface area contributed by atoms with Gasteiger partial charge in [0.05, 0.1) is 5.02 Å². The number of benzene rings is 2. The van der Waals surface area contributed by atoms with Gasteiger partial charge in [-0.25, -0.2) is 0 Å². The van der Waals surface area contributed by atoms with Crippen LogP contribution in [0.25, 0.3) is 10.8 Å². The van der Waals surface area contributed by atoms with Gasteiger partial charge in [0.15, 0.2) is 5.82 Å². The summed E-state index contributed by atoms with van der Waals surface area (Å²) in [5, 5.41) is 34.0. The molecule has 3 N–H and O–H groups in total. The topological polar surface area (TPSA) is 91.2 Å². The van der Waals surface area contributed by atoms with Crippen LogP contribution >= 0.6 is 11.6 Å². The Morgan fingerprint density at radius 2 is 1.67 bits per heavy atom. The molecule has 0 spiro atoms. The second-order valence-corrected chi connectivity index (χ2v) is 6.36. The normalized spacial score (nSPS) is 12.1. The Morgan fingerprint density at radius 3 is 2.41 bits per heavy atom. The quantitative estimate of drug-likeness (QED) is 0.492. The van der Waals surface area contributed by atoms with E-state index < -0.39 is 6.10 Å². The molecule has 0 saturated heterocycles. The molecule has 4 rings (SSSR count). The van der Waals surface area contributed by atoms with E-state index in [1.54, 1.807) is 36.7 Å². The zero-order chi connectivity index (χ0) is 18.8. The molecule has 0 amide bonds. The second kappa shape index (κ2) is 7.19. The van der Waals surface area contributed by atoms with Crippen LogP contribution < -0.4 is 5.32 Å². The largest absolute Gasteiger partial charge is 0.506 e. The van der Waals surface area contributed by atoms with Gasteiger partial charge in [-0.15, -0.1) is 10.2 Å². The standard InChI is InChI=1S/C20H15ClN4O2/c21-16-6-5-13(11-17(16)26)23-20-15-4-2-1-3-14(15)18(24-25-20)19(27)12-7-9-22-10-8-12/h1-11,19,26-27H,(H,23,25). The lowest BCUT2D eigenvalue weighted by molar-refractivity contribution is 0.216. The summed E-state index contributed by atoms with van der Waals surface area (Å²) in [7, 11) is 0. The summed E-state index contributed by atoms with van der Waals surface area (Å²) >= 11 is 5.85. The Labute approximate surface area is 160 Å². The molecule has 7 heteroatoms. The number of aromatic hydroxyl groups is 1. The van der Waals surface area contributed by atoms with E-state index in [2.05, 4.69) is 20.5 Å². The summed E-state index contributed by atoms with van der Waals surface area (Å²) in [6, 6.07) is 15.9. The summed E-state index contributed by atoms with van der Waals surface area (Å²) in [5.74, 6) is 0.488. The van der Waals surface area contributed by atoms with Crippen molar-refractivity contribution >= 4 is 33.9 Å². The van der Waals surface area contributed by atoms with Crippen LogP contribution in [0.2, 0.25) is 5.02 Å². The van der Waals surface area contributed by atoms with Gasteiger partial charge in [0.1, 0.15) is 17.5 Å². The number of anilines is 2. The summed E-state index contributed by atoms with van der Waals surface area (Å²) in [4.78, 5) is 3.97. The Bertz CT molecular complexity index is 1110. The summed E-state index contributed by atoms with van der Waals surface area (Å²) < 4.78 is 0. The van der Waals surface area contributed by atoms with E-state index >= 15 is 0 Å². The number of rotatable bonds is 4. The van der Waals surface area contributed by atoms with E-state index in [0.717, 1.165) is 10.8 Å². The highest BCUT2D eigenvalue weighted by Crippen LogP contribution is 2.32. The van der Waals surface area contributed by atoms with Crippen molar-refractivity contribution in [1.82, 2.24) is 15.2 Å². The zero-order valence-corrected chi connectivity index (χ0v) is 14.8. The molecule has 0 aliphatic heterocycles. The molecule has 1 unspecified atom stereocenters. The highest BCUT2D eigenvalue weighted by Gasteiger charge is 2.18. The van der Waals surface area contributed by atoms with E-state index in [-0.39, 0.29) is 10.8 Å². The van der Waals surface area contributed by atoms with Crippen LogP contribution in [0.1, 0.15) is 17.4 Å². The molecule has 0 fully saturated rings. The van der Waals surface area contributed by atoms with Crippen LogP contribution in [0.5, 0.6) is 5.75 Å².